The van der Waals surface area contributed by atoms with Gasteiger partial charge in [-0.05, 0) is 25.8 Å². The minimum absolute atomic E-state index is 0.292. The number of carbonyl (C=O) groups excluding carboxylic acids is 1. The van der Waals surface area contributed by atoms with Gasteiger partial charge in [0.25, 0.3) is 6.04 Å². The number of allylic oxidation sites excluding steroid dienone is 1. The van der Waals surface area contributed by atoms with E-state index in [0.717, 1.165) is 6.42 Å². The van der Waals surface area contributed by atoms with Crippen LogP contribution >= 0.6 is 0 Å². The minimum atomic E-state index is -0.672. The van der Waals surface area contributed by atoms with Gasteiger partial charge < -0.3 is 14.3 Å². The van der Waals surface area contributed by atoms with Crippen molar-refractivity contribution in [2.45, 2.75) is 52.0 Å². The van der Waals surface area contributed by atoms with E-state index in [0.29, 0.717) is 47.7 Å². The molecule has 144 valence electrons. The van der Waals surface area contributed by atoms with E-state index >= 15 is 0 Å². The summed E-state index contributed by atoms with van der Waals surface area (Å²) >= 11 is 0. The van der Waals surface area contributed by atoms with Crippen molar-refractivity contribution in [2.24, 2.45) is 4.99 Å². The third-order valence-electron chi connectivity index (χ3n) is 4.49. The maximum atomic E-state index is 13.7. The number of rotatable bonds is 7. The van der Waals surface area contributed by atoms with Crippen molar-refractivity contribution >= 4 is 11.7 Å². The first kappa shape index (κ1) is 20.6. The Balaban J connectivity index is 2.69. The quantitative estimate of drug-likeness (QED) is 0.515. The summed E-state index contributed by atoms with van der Waals surface area (Å²) in [7, 11) is 1.45. The Morgan fingerprint density at radius 2 is 2.07 bits per heavy atom. The minimum Gasteiger partial charge on any atom is -0.496 e. The summed E-state index contributed by atoms with van der Waals surface area (Å²) < 4.78 is 24.5. The molecule has 6 heteroatoms. The summed E-state index contributed by atoms with van der Waals surface area (Å²) in [5, 5.41) is 0. The molecule has 27 heavy (non-hydrogen) atoms. The maximum Gasteiger partial charge on any atom is 0.336 e. The van der Waals surface area contributed by atoms with Crippen LogP contribution in [0.4, 0.5) is 4.39 Å². The number of benzene rings is 1. The average molecular weight is 372 g/mol. The van der Waals surface area contributed by atoms with Gasteiger partial charge in [0.15, 0.2) is 0 Å². The zero-order chi connectivity index (χ0) is 20.0. The summed E-state index contributed by atoms with van der Waals surface area (Å²) in [4.78, 5) is 21.2. The molecule has 0 aliphatic carbocycles. The molecule has 1 aromatic carbocycles. The molecule has 0 spiro atoms. The molecular formula is C21H25FN2O3. The molecule has 2 atom stereocenters. The molecule has 1 aliphatic rings. The molecule has 0 aromatic heterocycles. The Kier molecular flexibility index (Phi) is 7.12. The molecule has 2 unspecified atom stereocenters. The highest BCUT2D eigenvalue weighted by molar-refractivity contribution is 6.00. The van der Waals surface area contributed by atoms with E-state index in [1.54, 1.807) is 13.0 Å². The number of nitrogens with zero attached hydrogens (tertiary/aromatic N) is 2. The van der Waals surface area contributed by atoms with Crippen LogP contribution in [0.1, 0.15) is 51.5 Å². The van der Waals surface area contributed by atoms with Crippen LogP contribution < -0.4 is 4.74 Å². The lowest BCUT2D eigenvalue weighted by atomic mass is 9.79. The molecule has 0 bridgehead atoms. The van der Waals surface area contributed by atoms with E-state index < -0.39 is 23.7 Å². The number of carbonyl (C=O) groups is 1. The SMILES string of the molecule is [C-]#[N+]C1C(C)=NC(CCC)=C(C(=O)OCCC)C1c1ccc(F)cc1OC. The van der Waals surface area contributed by atoms with Crippen molar-refractivity contribution in [1.29, 1.82) is 0 Å². The monoisotopic (exact) mass is 372 g/mol. The second kappa shape index (κ2) is 9.31. The van der Waals surface area contributed by atoms with Crippen molar-refractivity contribution in [2.75, 3.05) is 13.7 Å². The first-order chi connectivity index (χ1) is 13.0. The van der Waals surface area contributed by atoms with Crippen LogP contribution in [0, 0.1) is 12.4 Å². The van der Waals surface area contributed by atoms with Crippen LogP contribution in [-0.2, 0) is 9.53 Å². The highest BCUT2D eigenvalue weighted by Crippen LogP contribution is 2.42. The molecule has 0 saturated carbocycles. The van der Waals surface area contributed by atoms with Crippen LogP contribution in [0.3, 0.4) is 0 Å². The third kappa shape index (κ3) is 4.36. The van der Waals surface area contributed by atoms with Gasteiger partial charge in [0, 0.05) is 11.6 Å². The predicted molar refractivity (Wildman–Crippen MR) is 102 cm³/mol. The number of hydrogen-bond acceptors (Lipinski definition) is 4. The topological polar surface area (TPSA) is 52.2 Å². The van der Waals surface area contributed by atoms with Crippen LogP contribution in [0.25, 0.3) is 4.85 Å². The molecular weight excluding hydrogens is 347 g/mol. The standard InChI is InChI=1S/C21H25FN2O3/c1-6-8-16-19(21(25)27-11-7-2)18(20(23-4)13(3)24-16)15-10-9-14(22)12-17(15)26-5/h9-10,12,18,20H,6-8,11H2,1-3,5H3. The van der Waals surface area contributed by atoms with Crippen molar-refractivity contribution in [1.82, 2.24) is 0 Å². The van der Waals surface area contributed by atoms with Crippen molar-refractivity contribution in [3.8, 4) is 5.75 Å². The van der Waals surface area contributed by atoms with Gasteiger partial charge >= 0.3 is 5.97 Å². The fourth-order valence-corrected chi connectivity index (χ4v) is 3.30. The maximum absolute atomic E-state index is 13.7. The third-order valence-corrected chi connectivity index (χ3v) is 4.49. The Hall–Kier alpha value is -2.68. The van der Waals surface area contributed by atoms with E-state index in [-0.39, 0.29) is 0 Å². The Labute approximate surface area is 159 Å². The van der Waals surface area contributed by atoms with Crippen LogP contribution in [0.2, 0.25) is 0 Å². The van der Waals surface area contributed by atoms with Gasteiger partial charge in [-0.3, -0.25) is 4.99 Å². The Morgan fingerprint density at radius 1 is 1.33 bits per heavy atom. The summed E-state index contributed by atoms with van der Waals surface area (Å²) in [5.41, 5.74) is 2.23. The van der Waals surface area contributed by atoms with Gasteiger partial charge in [-0.25, -0.2) is 15.8 Å². The van der Waals surface area contributed by atoms with Gasteiger partial charge in [-0.2, -0.15) is 0 Å². The molecule has 0 saturated heterocycles. The van der Waals surface area contributed by atoms with E-state index in [2.05, 4.69) is 9.84 Å². The van der Waals surface area contributed by atoms with Crippen LogP contribution in [0.5, 0.6) is 5.75 Å². The van der Waals surface area contributed by atoms with E-state index in [1.165, 1.54) is 19.2 Å². The van der Waals surface area contributed by atoms with Gasteiger partial charge in [-0.15, -0.1) is 0 Å². The van der Waals surface area contributed by atoms with Gasteiger partial charge in [0.05, 0.1) is 30.7 Å². The Bertz CT molecular complexity index is 808. The zero-order valence-electron chi connectivity index (χ0n) is 16.2. The van der Waals surface area contributed by atoms with Crippen LogP contribution in [0.15, 0.2) is 34.5 Å². The normalized spacial score (nSPS) is 19.3. The summed E-state index contributed by atoms with van der Waals surface area (Å²) in [6.07, 6.45) is 2.09. The molecule has 1 aliphatic heterocycles. The average Bonchev–Trinajstić information content (AvgIpc) is 2.65. The lowest BCUT2D eigenvalue weighted by molar-refractivity contribution is -0.139. The summed E-state index contributed by atoms with van der Waals surface area (Å²) in [6.45, 7) is 13.7. The van der Waals surface area contributed by atoms with Crippen molar-refractivity contribution in [3.63, 3.8) is 0 Å². The molecule has 0 fully saturated rings. The van der Waals surface area contributed by atoms with Gasteiger partial charge in [0.2, 0.25) is 0 Å². The van der Waals surface area contributed by atoms with E-state index in [4.69, 9.17) is 16.0 Å². The number of ether oxygens (including phenoxy) is 2. The number of halogens is 1. The second-order valence-electron chi connectivity index (χ2n) is 6.44. The van der Waals surface area contributed by atoms with Crippen molar-refractivity contribution < 1.29 is 18.7 Å². The molecule has 2 rings (SSSR count). The second-order valence-corrected chi connectivity index (χ2v) is 6.44. The first-order valence-electron chi connectivity index (χ1n) is 9.13. The molecule has 0 radical (unpaired) electrons. The number of hydrogen-bond donors (Lipinski definition) is 0. The van der Waals surface area contributed by atoms with Gasteiger partial charge in [0.1, 0.15) is 17.5 Å². The summed E-state index contributed by atoms with van der Waals surface area (Å²) in [5.74, 6) is -1.22. The fraction of sp³-hybridized carbons (Fsp3) is 0.476. The molecule has 0 amide bonds. The number of methoxy groups -OCH3 is 1. The van der Waals surface area contributed by atoms with Gasteiger partial charge in [-0.1, -0.05) is 26.3 Å². The molecule has 0 N–H and O–H groups in total. The van der Waals surface area contributed by atoms with E-state index in [1.807, 2.05) is 13.8 Å². The number of aliphatic imine (C=N–C) groups is 1. The molecule has 1 heterocycles. The lowest BCUT2D eigenvalue weighted by Crippen LogP contribution is -2.33. The highest BCUT2D eigenvalue weighted by Gasteiger charge is 2.43. The lowest BCUT2D eigenvalue weighted by Gasteiger charge is -2.28. The largest absolute Gasteiger partial charge is 0.496 e. The van der Waals surface area contributed by atoms with Crippen LogP contribution in [-0.4, -0.2) is 31.4 Å². The first-order valence-corrected chi connectivity index (χ1v) is 9.13. The van der Waals surface area contributed by atoms with E-state index in [9.17, 15) is 9.18 Å². The molecule has 5 nitrogen and oxygen atoms in total. The molecule has 1 aromatic rings. The predicted octanol–water partition coefficient (Wildman–Crippen LogP) is 4.69. The Morgan fingerprint density at radius 3 is 2.67 bits per heavy atom. The zero-order valence-corrected chi connectivity index (χ0v) is 16.2. The highest BCUT2D eigenvalue weighted by atomic mass is 19.1. The smallest absolute Gasteiger partial charge is 0.336 e. The van der Waals surface area contributed by atoms with Crippen molar-refractivity contribution in [3.05, 3.63) is 52.3 Å². The summed E-state index contributed by atoms with van der Waals surface area (Å²) in [6, 6.07) is 3.49. The number of esters is 1. The fourth-order valence-electron chi connectivity index (χ4n) is 3.30.